The molecule has 0 aliphatic carbocycles. The smallest absolute Gasteiger partial charge is 0.240 e. The maximum Gasteiger partial charge on any atom is 0.240 e. The molecule has 0 heterocycles. The SMILES string of the molecule is COc1ccc(S(=O)(=O)NCCCCN=[N+]=[N-])cc1. The Balaban J connectivity index is 2.48. The Bertz CT molecular complexity index is 536. The van der Waals surface area contributed by atoms with Gasteiger partial charge in [0, 0.05) is 18.0 Å². The molecular formula is C11H16N4O3S. The van der Waals surface area contributed by atoms with Gasteiger partial charge in [-0.1, -0.05) is 5.11 Å². The van der Waals surface area contributed by atoms with Crippen LogP contribution in [0.25, 0.3) is 10.4 Å². The second-order valence-corrected chi connectivity index (χ2v) is 5.50. The van der Waals surface area contributed by atoms with Gasteiger partial charge in [-0.2, -0.15) is 0 Å². The molecule has 0 bridgehead atoms. The van der Waals surface area contributed by atoms with E-state index in [1.54, 1.807) is 12.1 Å². The highest BCUT2D eigenvalue weighted by molar-refractivity contribution is 7.89. The van der Waals surface area contributed by atoms with Crippen LogP contribution in [-0.4, -0.2) is 28.6 Å². The summed E-state index contributed by atoms with van der Waals surface area (Å²) >= 11 is 0. The number of hydrogen-bond donors (Lipinski definition) is 1. The van der Waals surface area contributed by atoms with Gasteiger partial charge >= 0.3 is 0 Å². The molecule has 1 N–H and O–H groups in total. The number of nitrogens with zero attached hydrogens (tertiary/aromatic N) is 3. The first-order chi connectivity index (χ1) is 9.10. The molecule has 7 nitrogen and oxygen atoms in total. The van der Waals surface area contributed by atoms with Gasteiger partial charge < -0.3 is 4.74 Å². The van der Waals surface area contributed by atoms with E-state index < -0.39 is 10.0 Å². The van der Waals surface area contributed by atoms with Gasteiger partial charge in [-0.15, -0.1) is 0 Å². The normalized spacial score (nSPS) is 10.8. The maximum atomic E-state index is 11.9. The lowest BCUT2D eigenvalue weighted by molar-refractivity contribution is 0.414. The van der Waals surface area contributed by atoms with Crippen LogP contribution in [0.4, 0.5) is 0 Å². The Morgan fingerprint density at radius 3 is 2.58 bits per heavy atom. The lowest BCUT2D eigenvalue weighted by Gasteiger charge is -2.07. The van der Waals surface area contributed by atoms with Gasteiger partial charge in [0.2, 0.25) is 10.0 Å². The summed E-state index contributed by atoms with van der Waals surface area (Å²) in [5.74, 6) is 0.605. The Morgan fingerprint density at radius 2 is 2.00 bits per heavy atom. The molecule has 0 aliphatic rings. The van der Waals surface area contributed by atoms with Crippen molar-refractivity contribution in [3.8, 4) is 5.75 Å². The average molecular weight is 284 g/mol. The van der Waals surface area contributed by atoms with E-state index in [0.717, 1.165) is 0 Å². The van der Waals surface area contributed by atoms with Crippen LogP contribution in [0.15, 0.2) is 34.3 Å². The minimum atomic E-state index is -3.49. The Hall–Kier alpha value is -1.76. The van der Waals surface area contributed by atoms with Crippen LogP contribution in [-0.2, 0) is 10.0 Å². The number of benzene rings is 1. The number of hydrogen-bond acceptors (Lipinski definition) is 4. The van der Waals surface area contributed by atoms with E-state index in [4.69, 9.17) is 10.3 Å². The van der Waals surface area contributed by atoms with Crippen LogP contribution in [0.3, 0.4) is 0 Å². The van der Waals surface area contributed by atoms with Gasteiger partial charge in [0.1, 0.15) is 5.75 Å². The zero-order valence-corrected chi connectivity index (χ0v) is 11.4. The van der Waals surface area contributed by atoms with Crippen LogP contribution >= 0.6 is 0 Å². The lowest BCUT2D eigenvalue weighted by atomic mass is 10.3. The second kappa shape index (κ2) is 7.63. The lowest BCUT2D eigenvalue weighted by Crippen LogP contribution is -2.24. The fourth-order valence-corrected chi connectivity index (χ4v) is 2.47. The van der Waals surface area contributed by atoms with Crippen LogP contribution < -0.4 is 9.46 Å². The number of unbranched alkanes of at least 4 members (excludes halogenated alkanes) is 1. The van der Waals surface area contributed by atoms with Crippen LogP contribution in [0.5, 0.6) is 5.75 Å². The summed E-state index contributed by atoms with van der Waals surface area (Å²) in [6.45, 7) is 0.691. The van der Waals surface area contributed by atoms with E-state index >= 15 is 0 Å². The summed E-state index contributed by atoms with van der Waals surface area (Å²) in [7, 11) is -1.97. The van der Waals surface area contributed by atoms with Gasteiger partial charge in [-0.25, -0.2) is 13.1 Å². The Kier molecular flexibility index (Phi) is 6.14. The van der Waals surface area contributed by atoms with Crippen molar-refractivity contribution < 1.29 is 13.2 Å². The van der Waals surface area contributed by atoms with E-state index in [1.165, 1.54) is 19.2 Å². The molecule has 0 amide bonds. The summed E-state index contributed by atoms with van der Waals surface area (Å²) in [6.07, 6.45) is 1.27. The molecule has 8 heteroatoms. The molecule has 1 rings (SSSR count). The molecule has 0 saturated heterocycles. The van der Waals surface area contributed by atoms with E-state index in [-0.39, 0.29) is 4.90 Å². The third-order valence-electron chi connectivity index (χ3n) is 2.41. The zero-order valence-electron chi connectivity index (χ0n) is 10.6. The number of nitrogens with one attached hydrogen (secondary N) is 1. The van der Waals surface area contributed by atoms with Crippen LogP contribution in [0.2, 0.25) is 0 Å². The van der Waals surface area contributed by atoms with E-state index in [1.807, 2.05) is 0 Å². The topological polar surface area (TPSA) is 104 Å². The van der Waals surface area contributed by atoms with Crippen molar-refractivity contribution in [1.29, 1.82) is 0 Å². The minimum absolute atomic E-state index is 0.198. The van der Waals surface area contributed by atoms with Gasteiger partial charge in [-0.05, 0) is 42.6 Å². The Labute approximate surface area is 112 Å². The third kappa shape index (κ3) is 5.17. The monoisotopic (exact) mass is 284 g/mol. The van der Waals surface area contributed by atoms with Crippen LogP contribution in [0.1, 0.15) is 12.8 Å². The number of rotatable bonds is 8. The van der Waals surface area contributed by atoms with Crippen molar-refractivity contribution in [3.63, 3.8) is 0 Å². The molecule has 0 aromatic heterocycles. The fourth-order valence-electron chi connectivity index (χ4n) is 1.40. The van der Waals surface area contributed by atoms with Gasteiger partial charge in [0.05, 0.1) is 12.0 Å². The summed E-state index contributed by atoms with van der Waals surface area (Å²) in [5, 5.41) is 3.37. The quantitative estimate of drug-likeness (QED) is 0.342. The number of sulfonamides is 1. The number of methoxy groups -OCH3 is 1. The predicted molar refractivity (Wildman–Crippen MR) is 71.4 cm³/mol. The van der Waals surface area contributed by atoms with E-state index in [9.17, 15) is 8.42 Å². The highest BCUT2D eigenvalue weighted by atomic mass is 32.2. The van der Waals surface area contributed by atoms with Crippen molar-refractivity contribution in [2.75, 3.05) is 20.2 Å². The third-order valence-corrected chi connectivity index (χ3v) is 3.89. The molecule has 1 aromatic carbocycles. The maximum absolute atomic E-state index is 11.9. The zero-order chi connectivity index (χ0) is 14.1. The molecular weight excluding hydrogens is 268 g/mol. The largest absolute Gasteiger partial charge is 0.497 e. The van der Waals surface area contributed by atoms with Crippen molar-refractivity contribution >= 4 is 10.0 Å². The Morgan fingerprint density at radius 1 is 1.32 bits per heavy atom. The first-order valence-corrected chi connectivity index (χ1v) is 7.23. The van der Waals surface area contributed by atoms with E-state index in [0.29, 0.717) is 31.7 Å². The molecule has 0 saturated carbocycles. The predicted octanol–water partition coefficient (Wildman–Crippen LogP) is 2.06. The second-order valence-electron chi connectivity index (χ2n) is 3.73. The molecule has 0 radical (unpaired) electrons. The first kappa shape index (κ1) is 15.3. The van der Waals surface area contributed by atoms with E-state index in [2.05, 4.69) is 14.7 Å². The minimum Gasteiger partial charge on any atom is -0.497 e. The summed E-state index contributed by atoms with van der Waals surface area (Å²) in [6, 6.07) is 6.16. The number of ether oxygens (including phenoxy) is 1. The summed E-state index contributed by atoms with van der Waals surface area (Å²) in [5.41, 5.74) is 8.08. The highest BCUT2D eigenvalue weighted by Gasteiger charge is 2.12. The molecule has 0 spiro atoms. The molecule has 19 heavy (non-hydrogen) atoms. The molecule has 104 valence electrons. The van der Waals surface area contributed by atoms with Crippen molar-refractivity contribution in [3.05, 3.63) is 34.7 Å². The molecule has 0 aliphatic heterocycles. The van der Waals surface area contributed by atoms with Gasteiger partial charge in [0.15, 0.2) is 0 Å². The van der Waals surface area contributed by atoms with Crippen molar-refractivity contribution in [1.82, 2.24) is 4.72 Å². The standard InChI is InChI=1S/C11H16N4O3S/c1-18-10-4-6-11(7-5-10)19(16,17)14-9-3-2-8-13-15-12/h4-7,14H,2-3,8-9H2,1H3. The summed E-state index contributed by atoms with van der Waals surface area (Å²) in [4.78, 5) is 2.82. The fraction of sp³-hybridized carbons (Fsp3) is 0.455. The summed E-state index contributed by atoms with van der Waals surface area (Å²) < 4.78 is 31.2. The highest BCUT2D eigenvalue weighted by Crippen LogP contribution is 2.15. The van der Waals surface area contributed by atoms with Crippen molar-refractivity contribution in [2.45, 2.75) is 17.7 Å². The van der Waals surface area contributed by atoms with Crippen LogP contribution in [0, 0.1) is 0 Å². The molecule has 0 fully saturated rings. The van der Waals surface area contributed by atoms with Gasteiger partial charge in [-0.3, -0.25) is 0 Å². The van der Waals surface area contributed by atoms with Crippen molar-refractivity contribution in [2.24, 2.45) is 5.11 Å². The first-order valence-electron chi connectivity index (χ1n) is 5.75. The molecule has 0 unspecified atom stereocenters. The van der Waals surface area contributed by atoms with Gasteiger partial charge in [0.25, 0.3) is 0 Å². The average Bonchev–Trinajstić information content (AvgIpc) is 2.43. The molecule has 0 atom stereocenters. The number of azide groups is 1. The molecule has 1 aromatic rings.